The fourth-order valence-electron chi connectivity index (χ4n) is 3.04. The van der Waals surface area contributed by atoms with Gasteiger partial charge in [-0.3, -0.25) is 0 Å². The molecular formula is C18H19ClO2. The molecule has 2 aromatic carbocycles. The maximum Gasteiger partial charge on any atom is 0.122 e. The molecule has 1 heterocycles. The third-order valence-electron chi connectivity index (χ3n) is 4.25. The van der Waals surface area contributed by atoms with Gasteiger partial charge < -0.3 is 9.84 Å². The van der Waals surface area contributed by atoms with E-state index < -0.39 is 6.10 Å². The van der Waals surface area contributed by atoms with Gasteiger partial charge in [-0.1, -0.05) is 35.9 Å². The summed E-state index contributed by atoms with van der Waals surface area (Å²) in [6, 6.07) is 11.9. The molecule has 110 valence electrons. The number of benzene rings is 2. The Kier molecular flexibility index (Phi) is 3.92. The average molecular weight is 303 g/mol. The molecule has 0 aromatic heterocycles. The Morgan fingerprint density at radius 2 is 1.95 bits per heavy atom. The summed E-state index contributed by atoms with van der Waals surface area (Å²) in [4.78, 5) is 0. The van der Waals surface area contributed by atoms with Crippen molar-refractivity contribution in [2.45, 2.75) is 32.3 Å². The van der Waals surface area contributed by atoms with Gasteiger partial charge in [-0.15, -0.1) is 0 Å². The molecule has 0 bridgehead atoms. The topological polar surface area (TPSA) is 29.5 Å². The molecule has 0 aliphatic carbocycles. The van der Waals surface area contributed by atoms with Crippen LogP contribution in [0.2, 0.25) is 5.02 Å². The van der Waals surface area contributed by atoms with Crippen LogP contribution in [0.25, 0.3) is 0 Å². The van der Waals surface area contributed by atoms with E-state index in [9.17, 15) is 5.11 Å². The third-order valence-corrected chi connectivity index (χ3v) is 4.66. The monoisotopic (exact) mass is 302 g/mol. The first kappa shape index (κ1) is 14.4. The first-order chi connectivity index (χ1) is 10.1. The zero-order valence-electron chi connectivity index (χ0n) is 12.3. The smallest absolute Gasteiger partial charge is 0.122 e. The van der Waals surface area contributed by atoms with E-state index in [0.29, 0.717) is 6.61 Å². The van der Waals surface area contributed by atoms with Crippen molar-refractivity contribution in [3.05, 3.63) is 63.7 Å². The lowest BCUT2D eigenvalue weighted by atomic mass is 9.83. The zero-order valence-corrected chi connectivity index (χ0v) is 13.0. The van der Waals surface area contributed by atoms with Gasteiger partial charge in [0.15, 0.2) is 0 Å². The van der Waals surface area contributed by atoms with E-state index in [4.69, 9.17) is 16.3 Å². The fourth-order valence-corrected chi connectivity index (χ4v) is 3.25. The Balaban J connectivity index is 2.00. The van der Waals surface area contributed by atoms with E-state index in [1.54, 1.807) is 0 Å². The zero-order chi connectivity index (χ0) is 15.0. The molecular weight excluding hydrogens is 284 g/mol. The van der Waals surface area contributed by atoms with Crippen LogP contribution in [-0.2, 0) is 0 Å². The summed E-state index contributed by atoms with van der Waals surface area (Å²) in [5.41, 5.74) is 4.07. The van der Waals surface area contributed by atoms with Crippen molar-refractivity contribution in [3.8, 4) is 5.75 Å². The van der Waals surface area contributed by atoms with E-state index in [-0.39, 0.29) is 5.92 Å². The van der Waals surface area contributed by atoms with Crippen molar-refractivity contribution in [2.75, 3.05) is 6.61 Å². The molecule has 1 N–H and O–H groups in total. The highest BCUT2D eigenvalue weighted by molar-refractivity contribution is 6.31. The minimum Gasteiger partial charge on any atom is -0.493 e. The van der Waals surface area contributed by atoms with Gasteiger partial charge in [-0.05, 0) is 49.1 Å². The van der Waals surface area contributed by atoms with Crippen LogP contribution >= 0.6 is 11.6 Å². The molecule has 2 unspecified atom stereocenters. The Labute approximate surface area is 130 Å². The first-order valence-electron chi connectivity index (χ1n) is 7.24. The van der Waals surface area contributed by atoms with Crippen molar-refractivity contribution in [2.24, 2.45) is 0 Å². The molecule has 0 amide bonds. The van der Waals surface area contributed by atoms with Crippen molar-refractivity contribution < 1.29 is 9.84 Å². The summed E-state index contributed by atoms with van der Waals surface area (Å²) >= 11 is 6.16. The van der Waals surface area contributed by atoms with E-state index in [2.05, 4.69) is 0 Å². The highest BCUT2D eigenvalue weighted by Crippen LogP contribution is 2.42. The summed E-state index contributed by atoms with van der Waals surface area (Å²) in [6.45, 7) is 4.61. The Bertz CT molecular complexity index is 666. The molecule has 1 aliphatic heterocycles. The molecule has 2 atom stereocenters. The number of aliphatic hydroxyl groups is 1. The normalized spacial score (nSPS) is 18.8. The SMILES string of the molecule is Cc1cc(C(O)C2CCOc3ccccc32)c(C)cc1Cl. The molecule has 2 aromatic rings. The standard InChI is InChI=1S/C18H19ClO2/c1-11-10-16(19)12(2)9-15(11)18(20)14-7-8-21-17-6-4-3-5-13(14)17/h3-6,9-10,14,18,20H,7-8H2,1-2H3. The average Bonchev–Trinajstić information content (AvgIpc) is 2.49. The molecule has 2 nitrogen and oxygen atoms in total. The number of halogens is 1. The van der Waals surface area contributed by atoms with Gasteiger partial charge in [0, 0.05) is 16.5 Å². The van der Waals surface area contributed by atoms with Crippen LogP contribution in [0.3, 0.4) is 0 Å². The largest absolute Gasteiger partial charge is 0.493 e. The van der Waals surface area contributed by atoms with Crippen molar-refractivity contribution in [1.29, 1.82) is 0 Å². The summed E-state index contributed by atoms with van der Waals surface area (Å²) < 4.78 is 5.68. The van der Waals surface area contributed by atoms with Crippen LogP contribution in [0.4, 0.5) is 0 Å². The number of para-hydroxylation sites is 1. The summed E-state index contributed by atoms with van der Waals surface area (Å²) in [7, 11) is 0. The number of aliphatic hydroxyl groups excluding tert-OH is 1. The van der Waals surface area contributed by atoms with Gasteiger partial charge in [-0.25, -0.2) is 0 Å². The molecule has 0 fully saturated rings. The first-order valence-corrected chi connectivity index (χ1v) is 7.62. The molecule has 0 saturated heterocycles. The lowest BCUT2D eigenvalue weighted by Gasteiger charge is -2.30. The number of aryl methyl sites for hydroxylation is 2. The molecule has 1 aliphatic rings. The highest BCUT2D eigenvalue weighted by Gasteiger charge is 2.29. The van der Waals surface area contributed by atoms with Gasteiger partial charge in [0.1, 0.15) is 5.75 Å². The second-order valence-corrected chi connectivity index (χ2v) is 6.09. The van der Waals surface area contributed by atoms with Crippen LogP contribution in [0, 0.1) is 13.8 Å². The van der Waals surface area contributed by atoms with E-state index >= 15 is 0 Å². The second-order valence-electron chi connectivity index (χ2n) is 5.68. The van der Waals surface area contributed by atoms with Gasteiger partial charge >= 0.3 is 0 Å². The Morgan fingerprint density at radius 3 is 2.76 bits per heavy atom. The summed E-state index contributed by atoms with van der Waals surface area (Å²) in [6.07, 6.45) is 0.283. The predicted octanol–water partition coefficient (Wildman–Crippen LogP) is 4.56. The minimum absolute atomic E-state index is 0.0641. The molecule has 3 rings (SSSR count). The van der Waals surface area contributed by atoms with Crippen LogP contribution in [0.15, 0.2) is 36.4 Å². The Morgan fingerprint density at radius 1 is 1.19 bits per heavy atom. The van der Waals surface area contributed by atoms with Crippen molar-refractivity contribution >= 4 is 11.6 Å². The number of fused-ring (bicyclic) bond motifs is 1. The molecule has 0 saturated carbocycles. The third kappa shape index (κ3) is 2.66. The van der Waals surface area contributed by atoms with Crippen LogP contribution in [-0.4, -0.2) is 11.7 Å². The minimum atomic E-state index is -0.536. The predicted molar refractivity (Wildman–Crippen MR) is 85.2 cm³/mol. The second kappa shape index (κ2) is 5.70. The number of rotatable bonds is 2. The van der Waals surface area contributed by atoms with Crippen molar-refractivity contribution in [3.63, 3.8) is 0 Å². The maximum atomic E-state index is 10.9. The summed E-state index contributed by atoms with van der Waals surface area (Å²) in [5.74, 6) is 0.949. The number of ether oxygens (including phenoxy) is 1. The lowest BCUT2D eigenvalue weighted by Crippen LogP contribution is -2.20. The van der Waals surface area contributed by atoms with Crippen LogP contribution < -0.4 is 4.74 Å². The number of hydrogen-bond donors (Lipinski definition) is 1. The fraction of sp³-hybridized carbons (Fsp3) is 0.333. The number of hydrogen-bond acceptors (Lipinski definition) is 2. The van der Waals surface area contributed by atoms with Gasteiger partial charge in [0.25, 0.3) is 0 Å². The lowest BCUT2D eigenvalue weighted by molar-refractivity contribution is 0.117. The van der Waals surface area contributed by atoms with Crippen LogP contribution in [0.5, 0.6) is 5.75 Å². The van der Waals surface area contributed by atoms with Gasteiger partial charge in [0.05, 0.1) is 12.7 Å². The molecule has 3 heteroatoms. The Hall–Kier alpha value is -1.51. The van der Waals surface area contributed by atoms with Crippen molar-refractivity contribution in [1.82, 2.24) is 0 Å². The van der Waals surface area contributed by atoms with Crippen LogP contribution in [0.1, 0.15) is 40.7 Å². The molecule has 0 radical (unpaired) electrons. The van der Waals surface area contributed by atoms with E-state index in [0.717, 1.165) is 39.4 Å². The molecule has 21 heavy (non-hydrogen) atoms. The summed E-state index contributed by atoms with van der Waals surface area (Å²) in [5, 5.41) is 11.6. The van der Waals surface area contributed by atoms with E-state index in [1.807, 2.05) is 50.2 Å². The van der Waals surface area contributed by atoms with Gasteiger partial charge in [-0.2, -0.15) is 0 Å². The van der Waals surface area contributed by atoms with E-state index in [1.165, 1.54) is 0 Å². The quantitative estimate of drug-likeness (QED) is 0.881. The van der Waals surface area contributed by atoms with Gasteiger partial charge in [0.2, 0.25) is 0 Å². The molecule has 0 spiro atoms. The maximum absolute atomic E-state index is 10.9. The highest BCUT2D eigenvalue weighted by atomic mass is 35.5.